The van der Waals surface area contributed by atoms with Crippen LogP contribution < -0.4 is 10.6 Å². The zero-order chi connectivity index (χ0) is 27.1. The van der Waals surface area contributed by atoms with Gasteiger partial charge in [0.2, 0.25) is 11.9 Å². The SMILES string of the molecule is O=C(CNc1n[nH]c2ccc(C(F)(F)F)cc12)NC1CN(C2CCOC2)C[C@@H]1CC1CCc2cc(F)ncc21. The topological polar surface area (TPSA) is 95.2 Å². The van der Waals surface area contributed by atoms with Crippen LogP contribution >= 0.6 is 0 Å². The summed E-state index contributed by atoms with van der Waals surface area (Å²) < 4.78 is 58.7. The monoisotopic (exact) mass is 546 g/mol. The molecule has 0 saturated carbocycles. The summed E-state index contributed by atoms with van der Waals surface area (Å²) in [7, 11) is 0. The molecule has 0 spiro atoms. The summed E-state index contributed by atoms with van der Waals surface area (Å²) in [6, 6.07) is 5.09. The molecule has 3 aromatic rings. The molecule has 0 bridgehead atoms. The Morgan fingerprint density at radius 2 is 2.08 bits per heavy atom. The van der Waals surface area contributed by atoms with Crippen molar-refractivity contribution in [1.29, 1.82) is 0 Å². The molecule has 3 aliphatic rings. The van der Waals surface area contributed by atoms with Gasteiger partial charge in [-0.3, -0.25) is 14.8 Å². The van der Waals surface area contributed by atoms with Gasteiger partial charge in [0.15, 0.2) is 5.82 Å². The van der Waals surface area contributed by atoms with Crippen molar-refractivity contribution in [2.45, 2.75) is 49.9 Å². The molecule has 4 heterocycles. The van der Waals surface area contributed by atoms with Crippen LogP contribution in [0.4, 0.5) is 23.4 Å². The van der Waals surface area contributed by atoms with Gasteiger partial charge < -0.3 is 15.4 Å². The van der Waals surface area contributed by atoms with Crippen LogP contribution in [0.3, 0.4) is 0 Å². The van der Waals surface area contributed by atoms with Crippen LogP contribution in [0.2, 0.25) is 0 Å². The van der Waals surface area contributed by atoms with E-state index in [1.165, 1.54) is 12.1 Å². The lowest BCUT2D eigenvalue weighted by molar-refractivity contribution is -0.137. The second-order valence-electron chi connectivity index (χ2n) is 10.8. The molecular weight excluding hydrogens is 516 g/mol. The zero-order valence-electron chi connectivity index (χ0n) is 21.2. The maximum Gasteiger partial charge on any atom is 0.416 e. The molecule has 1 amide bonds. The number of alkyl halides is 3. The highest BCUT2D eigenvalue weighted by atomic mass is 19.4. The number of anilines is 1. The number of carbonyl (C=O) groups is 1. The molecule has 208 valence electrons. The zero-order valence-corrected chi connectivity index (χ0v) is 21.2. The van der Waals surface area contributed by atoms with Crippen molar-refractivity contribution >= 4 is 22.6 Å². The molecule has 1 aliphatic carbocycles. The Labute approximate surface area is 222 Å². The predicted octanol–water partition coefficient (Wildman–Crippen LogP) is 3.85. The van der Waals surface area contributed by atoms with Crippen molar-refractivity contribution in [3.63, 3.8) is 0 Å². The number of rotatable bonds is 7. The number of likely N-dealkylation sites (tertiary alicyclic amines) is 1. The molecule has 6 rings (SSSR count). The molecule has 2 aliphatic heterocycles. The predicted molar refractivity (Wildman–Crippen MR) is 136 cm³/mol. The normalized spacial score (nSPS) is 25.3. The van der Waals surface area contributed by atoms with Crippen LogP contribution in [0, 0.1) is 11.9 Å². The van der Waals surface area contributed by atoms with Crippen LogP contribution in [0.25, 0.3) is 10.9 Å². The number of H-pyrrole nitrogens is 1. The van der Waals surface area contributed by atoms with E-state index < -0.39 is 17.7 Å². The first-order valence-corrected chi connectivity index (χ1v) is 13.3. The molecule has 4 atom stereocenters. The number of nitrogens with one attached hydrogen (secondary N) is 3. The minimum atomic E-state index is -4.47. The number of hydrogen-bond acceptors (Lipinski definition) is 6. The number of amides is 1. The molecular formula is C27H30F4N6O2. The van der Waals surface area contributed by atoms with Crippen LogP contribution in [-0.4, -0.2) is 70.9 Å². The molecule has 39 heavy (non-hydrogen) atoms. The van der Waals surface area contributed by atoms with E-state index >= 15 is 0 Å². The largest absolute Gasteiger partial charge is 0.416 e. The molecule has 2 fully saturated rings. The first-order chi connectivity index (χ1) is 18.7. The number of aromatic nitrogens is 3. The molecule has 3 unspecified atom stereocenters. The number of aromatic amines is 1. The lowest BCUT2D eigenvalue weighted by atomic mass is 9.88. The second kappa shape index (κ2) is 10.4. The maximum atomic E-state index is 13.6. The molecule has 2 aromatic heterocycles. The van der Waals surface area contributed by atoms with Crippen molar-refractivity contribution in [2.75, 3.05) is 38.2 Å². The van der Waals surface area contributed by atoms with Gasteiger partial charge >= 0.3 is 6.18 Å². The number of fused-ring (bicyclic) bond motifs is 2. The minimum absolute atomic E-state index is 0.0925. The van der Waals surface area contributed by atoms with Gasteiger partial charge in [0.1, 0.15) is 0 Å². The fourth-order valence-corrected chi connectivity index (χ4v) is 6.32. The highest BCUT2D eigenvalue weighted by Crippen LogP contribution is 2.40. The third-order valence-electron chi connectivity index (χ3n) is 8.32. The van der Waals surface area contributed by atoms with E-state index in [0.29, 0.717) is 24.7 Å². The van der Waals surface area contributed by atoms with Crippen LogP contribution in [0.5, 0.6) is 0 Å². The van der Waals surface area contributed by atoms with Crippen LogP contribution in [0.15, 0.2) is 30.5 Å². The average molecular weight is 547 g/mol. The highest BCUT2D eigenvalue weighted by molar-refractivity contribution is 5.92. The fraction of sp³-hybridized carbons (Fsp3) is 0.519. The Balaban J connectivity index is 1.13. The third kappa shape index (κ3) is 5.44. The smallest absolute Gasteiger partial charge is 0.380 e. The van der Waals surface area contributed by atoms with Gasteiger partial charge in [-0.05, 0) is 72.9 Å². The molecule has 8 nitrogen and oxygen atoms in total. The summed E-state index contributed by atoms with van der Waals surface area (Å²) >= 11 is 0. The number of halogens is 4. The van der Waals surface area contributed by atoms with Gasteiger partial charge in [0, 0.05) is 43.4 Å². The molecule has 3 N–H and O–H groups in total. The maximum absolute atomic E-state index is 13.6. The summed E-state index contributed by atoms with van der Waals surface area (Å²) in [6.45, 7) is 2.81. The molecule has 12 heteroatoms. The van der Waals surface area contributed by atoms with E-state index in [9.17, 15) is 22.4 Å². The number of ether oxygens (including phenoxy) is 1. The number of nitrogens with zero attached hydrogens (tertiary/aromatic N) is 3. The lowest BCUT2D eigenvalue weighted by Gasteiger charge is -2.23. The molecule has 1 aromatic carbocycles. The first kappa shape index (κ1) is 26.0. The first-order valence-electron chi connectivity index (χ1n) is 13.3. The van der Waals surface area contributed by atoms with E-state index in [-0.39, 0.29) is 41.5 Å². The van der Waals surface area contributed by atoms with E-state index in [4.69, 9.17) is 4.74 Å². The summed E-state index contributed by atoms with van der Waals surface area (Å²) in [4.78, 5) is 19.3. The number of aryl methyl sites for hydroxylation is 1. The Morgan fingerprint density at radius 3 is 2.87 bits per heavy atom. The van der Waals surface area contributed by atoms with Crippen molar-refractivity contribution < 1.29 is 27.1 Å². The molecule has 0 radical (unpaired) electrons. The van der Waals surface area contributed by atoms with E-state index in [1.807, 2.05) is 0 Å². The fourth-order valence-electron chi connectivity index (χ4n) is 6.32. The Morgan fingerprint density at radius 1 is 1.21 bits per heavy atom. The van der Waals surface area contributed by atoms with Crippen LogP contribution in [0.1, 0.15) is 41.9 Å². The Hall–Kier alpha value is -3.25. The summed E-state index contributed by atoms with van der Waals surface area (Å²) in [5.41, 5.74) is 1.77. The van der Waals surface area contributed by atoms with Crippen molar-refractivity contribution in [2.24, 2.45) is 5.92 Å². The van der Waals surface area contributed by atoms with E-state index in [1.54, 1.807) is 6.20 Å². The Bertz CT molecular complexity index is 1360. The summed E-state index contributed by atoms with van der Waals surface area (Å²) in [5.74, 6) is -0.0705. The number of benzene rings is 1. The quantitative estimate of drug-likeness (QED) is 0.308. The number of pyridine rings is 1. The van der Waals surface area contributed by atoms with Gasteiger partial charge in [-0.1, -0.05) is 0 Å². The van der Waals surface area contributed by atoms with Gasteiger partial charge in [-0.15, -0.1) is 0 Å². The summed E-state index contributed by atoms with van der Waals surface area (Å²) in [5, 5.41) is 13.1. The van der Waals surface area contributed by atoms with Crippen molar-refractivity contribution in [1.82, 2.24) is 25.4 Å². The second-order valence-corrected chi connectivity index (χ2v) is 10.8. The molecule has 2 saturated heterocycles. The lowest BCUT2D eigenvalue weighted by Crippen LogP contribution is -2.44. The third-order valence-corrected chi connectivity index (χ3v) is 8.32. The Kier molecular flexibility index (Phi) is 6.92. The van der Waals surface area contributed by atoms with E-state index in [0.717, 1.165) is 62.1 Å². The van der Waals surface area contributed by atoms with Gasteiger partial charge in [0.25, 0.3) is 0 Å². The number of hydrogen-bond donors (Lipinski definition) is 3. The van der Waals surface area contributed by atoms with Crippen molar-refractivity contribution in [3.05, 3.63) is 53.1 Å². The minimum Gasteiger partial charge on any atom is -0.380 e. The van der Waals surface area contributed by atoms with Crippen LogP contribution in [-0.2, 0) is 22.1 Å². The van der Waals surface area contributed by atoms with Crippen molar-refractivity contribution in [3.8, 4) is 0 Å². The average Bonchev–Trinajstić information content (AvgIpc) is 3.69. The highest BCUT2D eigenvalue weighted by Gasteiger charge is 2.40. The van der Waals surface area contributed by atoms with Gasteiger partial charge in [0.05, 0.1) is 24.2 Å². The standard InChI is InChI=1S/C27H30F4N6O2/c28-24-8-16-2-1-15(21(16)10-32-24)7-17-12-37(19-5-6-39-14-19)13-23(17)34-25(38)11-33-26-20-9-18(27(29,30)31)3-4-22(20)35-36-26/h3-4,8-10,15,17,19,23H,1-2,5-7,11-14H2,(H,34,38)(H2,33,35,36)/t15?,17-,19?,23?/m0/s1. The van der Waals surface area contributed by atoms with Gasteiger partial charge in [-0.25, -0.2) is 4.98 Å². The summed E-state index contributed by atoms with van der Waals surface area (Å²) in [6.07, 6.45) is 0.732. The van der Waals surface area contributed by atoms with Gasteiger partial charge in [-0.2, -0.15) is 22.7 Å². The van der Waals surface area contributed by atoms with E-state index in [2.05, 4.69) is 30.7 Å². The number of carbonyl (C=O) groups excluding carboxylic acids is 1.